The third-order valence-electron chi connectivity index (χ3n) is 4.15. The Morgan fingerprint density at radius 3 is 2.00 bits per heavy atom. The van der Waals surface area contributed by atoms with Crippen LogP contribution in [0.25, 0.3) is 0 Å². The van der Waals surface area contributed by atoms with Gasteiger partial charge in [-0.1, -0.05) is 61.5 Å². The molecule has 0 aliphatic rings. The standard InChI is InChI=1S/C14H11Cl3N2O3.C8H19O3P/c1-2-18-12-7-9(3-4-13(12)19(20)21)22-14-10(16)5-8(15)6-11(14)17;1-3-5-7-10-12(9)11-8-6-4-2/h3-7,18H,2H2,1H3;12H,3-8H2,1-2H3. The van der Waals surface area contributed by atoms with Gasteiger partial charge < -0.3 is 19.1 Å². The maximum Gasteiger partial charge on any atom is 0.319 e. The highest BCUT2D eigenvalue weighted by Crippen LogP contribution is 2.40. The molecule has 8 nitrogen and oxygen atoms in total. The van der Waals surface area contributed by atoms with Gasteiger partial charge in [0.1, 0.15) is 11.4 Å². The minimum absolute atomic E-state index is 0.0394. The number of nitro groups is 1. The monoisotopic (exact) mass is 554 g/mol. The molecule has 190 valence electrons. The van der Waals surface area contributed by atoms with Gasteiger partial charge in [-0.2, -0.15) is 0 Å². The highest BCUT2D eigenvalue weighted by Gasteiger charge is 2.16. The quantitative estimate of drug-likeness (QED) is 0.114. The van der Waals surface area contributed by atoms with Crippen molar-refractivity contribution in [3.8, 4) is 11.5 Å². The minimum Gasteiger partial charge on any atom is -0.454 e. The maximum atomic E-state index is 11.0. The number of unbranched alkanes of at least 4 members (excludes halogenated alkanes) is 2. The van der Waals surface area contributed by atoms with Crippen LogP contribution in [-0.2, 0) is 13.6 Å². The van der Waals surface area contributed by atoms with Gasteiger partial charge in [-0.25, -0.2) is 0 Å². The Morgan fingerprint density at radius 2 is 1.53 bits per heavy atom. The fraction of sp³-hybridized carbons (Fsp3) is 0.455. The molecule has 0 amide bonds. The lowest BCUT2D eigenvalue weighted by Gasteiger charge is -2.12. The number of anilines is 1. The summed E-state index contributed by atoms with van der Waals surface area (Å²) in [4.78, 5) is 10.5. The molecule has 0 saturated heterocycles. The fourth-order valence-electron chi connectivity index (χ4n) is 2.46. The lowest BCUT2D eigenvalue weighted by atomic mass is 10.2. The van der Waals surface area contributed by atoms with Crippen LogP contribution in [0, 0.1) is 10.1 Å². The van der Waals surface area contributed by atoms with Gasteiger partial charge in [-0.3, -0.25) is 14.7 Å². The lowest BCUT2D eigenvalue weighted by Crippen LogP contribution is -2.01. The van der Waals surface area contributed by atoms with Gasteiger partial charge in [0, 0.05) is 23.7 Å². The van der Waals surface area contributed by atoms with E-state index in [1.54, 1.807) is 0 Å². The van der Waals surface area contributed by atoms with Crippen LogP contribution in [0.5, 0.6) is 11.5 Å². The Hall–Kier alpha value is -1.54. The summed E-state index contributed by atoms with van der Waals surface area (Å²) in [7, 11) is -2.18. The number of rotatable bonds is 13. The number of benzene rings is 2. The van der Waals surface area contributed by atoms with Gasteiger partial charge in [0.15, 0.2) is 5.75 Å². The first-order chi connectivity index (χ1) is 16.2. The van der Waals surface area contributed by atoms with Crippen molar-refractivity contribution in [2.75, 3.05) is 25.1 Å². The van der Waals surface area contributed by atoms with Crippen molar-refractivity contribution in [2.24, 2.45) is 0 Å². The maximum absolute atomic E-state index is 11.0. The molecule has 0 aromatic heterocycles. The van der Waals surface area contributed by atoms with Gasteiger partial charge in [0.25, 0.3) is 5.69 Å². The topological polar surface area (TPSA) is 99.9 Å². The van der Waals surface area contributed by atoms with Crippen molar-refractivity contribution in [3.05, 3.63) is 55.5 Å². The summed E-state index contributed by atoms with van der Waals surface area (Å²) in [5.41, 5.74) is 0.314. The average molecular weight is 556 g/mol. The molecule has 0 bridgehead atoms. The third-order valence-corrected chi connectivity index (χ3v) is 5.81. The number of halogens is 3. The predicted molar refractivity (Wildman–Crippen MR) is 140 cm³/mol. The first-order valence-corrected chi connectivity index (χ1v) is 13.2. The van der Waals surface area contributed by atoms with Gasteiger partial charge >= 0.3 is 8.25 Å². The number of nitrogens with one attached hydrogen (secondary N) is 1. The minimum atomic E-state index is -2.18. The van der Waals surface area contributed by atoms with Gasteiger partial charge in [-0.15, -0.1) is 0 Å². The highest BCUT2D eigenvalue weighted by molar-refractivity contribution is 7.33. The van der Waals surface area contributed by atoms with Crippen LogP contribution >= 0.6 is 43.1 Å². The molecule has 0 saturated carbocycles. The normalized spacial score (nSPS) is 10.6. The molecule has 0 heterocycles. The number of ether oxygens (including phenoxy) is 1. The van der Waals surface area contributed by atoms with Crippen LogP contribution in [-0.4, -0.2) is 24.7 Å². The Labute approximate surface area is 215 Å². The molecule has 0 atom stereocenters. The largest absolute Gasteiger partial charge is 0.454 e. The predicted octanol–water partition coefficient (Wildman–Crippen LogP) is 8.79. The second kappa shape index (κ2) is 17.0. The van der Waals surface area contributed by atoms with E-state index in [1.807, 2.05) is 6.92 Å². The van der Waals surface area contributed by atoms with E-state index in [2.05, 4.69) is 19.2 Å². The van der Waals surface area contributed by atoms with Gasteiger partial charge in [0.05, 0.1) is 28.2 Å². The summed E-state index contributed by atoms with van der Waals surface area (Å²) in [6.07, 6.45) is 4.02. The smallest absolute Gasteiger partial charge is 0.319 e. The van der Waals surface area contributed by atoms with E-state index in [1.165, 1.54) is 30.3 Å². The van der Waals surface area contributed by atoms with Crippen molar-refractivity contribution in [1.29, 1.82) is 0 Å². The fourth-order valence-corrected chi connectivity index (χ4v) is 4.06. The van der Waals surface area contributed by atoms with Gasteiger partial charge in [0.2, 0.25) is 0 Å². The number of nitrogens with zero attached hydrogens (tertiary/aromatic N) is 1. The second-order valence-corrected chi connectivity index (χ2v) is 9.25. The van der Waals surface area contributed by atoms with Crippen LogP contribution in [0.15, 0.2) is 30.3 Å². The van der Waals surface area contributed by atoms with Crippen molar-refractivity contribution in [2.45, 2.75) is 46.5 Å². The second-order valence-electron chi connectivity index (χ2n) is 6.92. The highest BCUT2D eigenvalue weighted by atomic mass is 35.5. The van der Waals surface area contributed by atoms with Crippen LogP contribution in [0.4, 0.5) is 11.4 Å². The van der Waals surface area contributed by atoms with E-state index >= 15 is 0 Å². The number of nitro benzene ring substituents is 1. The van der Waals surface area contributed by atoms with Crippen molar-refractivity contribution in [3.63, 3.8) is 0 Å². The summed E-state index contributed by atoms with van der Waals surface area (Å²) in [5, 5.41) is 14.8. The Bertz CT molecular complexity index is 914. The van der Waals surface area contributed by atoms with E-state index in [0.717, 1.165) is 25.7 Å². The van der Waals surface area contributed by atoms with Crippen molar-refractivity contribution < 1.29 is 23.3 Å². The zero-order chi connectivity index (χ0) is 25.5. The van der Waals surface area contributed by atoms with Crippen LogP contribution in [0.1, 0.15) is 46.5 Å². The lowest BCUT2D eigenvalue weighted by molar-refractivity contribution is -0.384. The SMILES string of the molecule is CCCCO[PH](=O)OCCCC.CCNc1cc(Oc2c(Cl)cc(Cl)cc2Cl)ccc1[N+](=O)[O-]. The molecular formula is C22H30Cl3N2O6P. The van der Waals surface area contributed by atoms with Crippen LogP contribution < -0.4 is 10.1 Å². The van der Waals surface area contributed by atoms with Crippen LogP contribution in [0.2, 0.25) is 15.1 Å². The molecule has 34 heavy (non-hydrogen) atoms. The molecule has 12 heteroatoms. The Morgan fingerprint density at radius 1 is 0.971 bits per heavy atom. The van der Waals surface area contributed by atoms with E-state index in [-0.39, 0.29) is 21.5 Å². The van der Waals surface area contributed by atoms with Crippen molar-refractivity contribution >= 4 is 54.4 Å². The molecule has 0 aliphatic carbocycles. The Balaban J connectivity index is 0.000000411. The number of hydrogen-bond acceptors (Lipinski definition) is 7. The molecule has 2 aromatic carbocycles. The molecule has 1 N–H and O–H groups in total. The average Bonchev–Trinajstić information content (AvgIpc) is 2.77. The molecule has 0 aliphatic heterocycles. The molecule has 0 radical (unpaired) electrons. The summed E-state index contributed by atoms with van der Waals surface area (Å²) in [5.74, 6) is 0.608. The van der Waals surface area contributed by atoms with Crippen LogP contribution in [0.3, 0.4) is 0 Å². The molecular weight excluding hydrogens is 526 g/mol. The summed E-state index contributed by atoms with van der Waals surface area (Å²) in [6, 6.07) is 7.34. The first-order valence-electron chi connectivity index (χ1n) is 10.9. The van der Waals surface area contributed by atoms with Gasteiger partial charge in [-0.05, 0) is 38.0 Å². The molecule has 2 aromatic rings. The van der Waals surface area contributed by atoms with E-state index < -0.39 is 13.2 Å². The summed E-state index contributed by atoms with van der Waals surface area (Å²) in [6.45, 7) is 7.62. The van der Waals surface area contributed by atoms with E-state index in [4.69, 9.17) is 48.6 Å². The molecule has 0 spiro atoms. The third kappa shape index (κ3) is 11.3. The zero-order valence-electron chi connectivity index (χ0n) is 19.4. The number of hydrogen-bond donors (Lipinski definition) is 1. The van der Waals surface area contributed by atoms with E-state index in [0.29, 0.717) is 36.2 Å². The zero-order valence-corrected chi connectivity index (χ0v) is 22.6. The molecule has 0 unspecified atom stereocenters. The Kier molecular flexibility index (Phi) is 15.2. The van der Waals surface area contributed by atoms with Crippen molar-refractivity contribution in [1.82, 2.24) is 0 Å². The molecule has 0 fully saturated rings. The summed E-state index contributed by atoms with van der Waals surface area (Å²) >= 11 is 17.9. The van der Waals surface area contributed by atoms with E-state index in [9.17, 15) is 14.7 Å². The first kappa shape index (κ1) is 30.5. The summed E-state index contributed by atoms with van der Waals surface area (Å²) < 4.78 is 26.5. The molecule has 2 rings (SSSR count).